The summed E-state index contributed by atoms with van der Waals surface area (Å²) >= 11 is 2.01. The van der Waals surface area contributed by atoms with Crippen LogP contribution >= 0.6 is 35.7 Å². The Kier molecular flexibility index (Phi) is 11.7. The lowest BCUT2D eigenvalue weighted by molar-refractivity contribution is 0.369. The van der Waals surface area contributed by atoms with E-state index in [0.29, 0.717) is 12.6 Å². The smallest absolute Gasteiger partial charge is 0.191 e. The molecule has 8 heteroatoms. The third kappa shape index (κ3) is 7.48. The van der Waals surface area contributed by atoms with Gasteiger partial charge in [0.25, 0.3) is 0 Å². The van der Waals surface area contributed by atoms with Crippen molar-refractivity contribution in [1.82, 2.24) is 10.6 Å². The number of thioether (sulfide) groups is 1. The van der Waals surface area contributed by atoms with Crippen molar-refractivity contribution in [2.45, 2.75) is 32.2 Å². The molecule has 1 saturated heterocycles. The maximum absolute atomic E-state index is 5.51. The van der Waals surface area contributed by atoms with Gasteiger partial charge in [-0.1, -0.05) is 0 Å². The van der Waals surface area contributed by atoms with Gasteiger partial charge in [-0.05, 0) is 31.9 Å². The molecule has 1 fully saturated rings. The van der Waals surface area contributed by atoms with Gasteiger partial charge in [-0.25, -0.2) is 0 Å². The van der Waals surface area contributed by atoms with Gasteiger partial charge in [-0.2, -0.15) is 11.8 Å². The highest BCUT2D eigenvalue weighted by Crippen LogP contribution is 2.34. The van der Waals surface area contributed by atoms with Crippen molar-refractivity contribution < 1.29 is 14.2 Å². The Bertz CT molecular complexity index is 571. The summed E-state index contributed by atoms with van der Waals surface area (Å²) in [5.41, 5.74) is 1.00. The largest absolute Gasteiger partial charge is 0.496 e. The minimum atomic E-state index is 0. The van der Waals surface area contributed by atoms with Crippen LogP contribution in [0.5, 0.6) is 17.2 Å². The fourth-order valence-electron chi connectivity index (χ4n) is 2.97. The molecule has 1 atom stereocenters. The highest BCUT2D eigenvalue weighted by molar-refractivity contribution is 14.0. The Morgan fingerprint density at radius 3 is 2.41 bits per heavy atom. The molecular weight excluding hydrogens is 477 g/mol. The van der Waals surface area contributed by atoms with Gasteiger partial charge in [0.15, 0.2) is 5.96 Å². The molecule has 0 bridgehead atoms. The van der Waals surface area contributed by atoms with E-state index in [1.807, 2.05) is 23.9 Å². The average Bonchev–Trinajstić information content (AvgIpc) is 2.68. The van der Waals surface area contributed by atoms with E-state index in [9.17, 15) is 0 Å². The molecule has 0 spiro atoms. The Morgan fingerprint density at radius 1 is 1.19 bits per heavy atom. The van der Waals surface area contributed by atoms with E-state index in [2.05, 4.69) is 17.6 Å². The summed E-state index contributed by atoms with van der Waals surface area (Å²) in [5.74, 6) is 5.53. The Hall–Kier alpha value is -1.03. The van der Waals surface area contributed by atoms with Crippen LogP contribution in [0.15, 0.2) is 17.1 Å². The maximum Gasteiger partial charge on any atom is 0.191 e. The fraction of sp³-hybridized carbons (Fsp3) is 0.632. The molecule has 0 saturated carbocycles. The summed E-state index contributed by atoms with van der Waals surface area (Å²) in [5, 5.41) is 6.89. The third-order valence-corrected chi connectivity index (χ3v) is 5.51. The molecule has 1 aromatic carbocycles. The lowest BCUT2D eigenvalue weighted by atomic mass is 10.1. The van der Waals surface area contributed by atoms with Crippen LogP contribution in [0.1, 0.15) is 25.3 Å². The molecule has 1 heterocycles. The Morgan fingerprint density at radius 2 is 1.89 bits per heavy atom. The molecule has 0 aliphatic carbocycles. The first-order valence-corrected chi connectivity index (χ1v) is 10.3. The van der Waals surface area contributed by atoms with Gasteiger partial charge < -0.3 is 24.8 Å². The molecule has 0 amide bonds. The van der Waals surface area contributed by atoms with E-state index in [0.717, 1.165) is 47.5 Å². The molecular formula is C19H32IN3O3S. The van der Waals surface area contributed by atoms with Crippen LogP contribution in [0.2, 0.25) is 0 Å². The number of rotatable bonds is 8. The van der Waals surface area contributed by atoms with Gasteiger partial charge in [0, 0.05) is 42.6 Å². The zero-order valence-corrected chi connectivity index (χ0v) is 19.8. The molecule has 2 N–H and O–H groups in total. The van der Waals surface area contributed by atoms with Gasteiger partial charge in [0.1, 0.15) is 17.2 Å². The minimum absolute atomic E-state index is 0. The molecule has 2 rings (SSSR count). The van der Waals surface area contributed by atoms with Crippen LogP contribution in [0, 0.1) is 0 Å². The quantitative estimate of drug-likeness (QED) is 0.319. The normalized spacial score (nSPS) is 16.9. The SMILES string of the molecule is CCNC(=NCCc1c(OC)cc(OC)cc1OC)NC1CCCSC1.I. The standard InChI is InChI=1S/C19H31N3O3S.HI/c1-5-20-19(22-14-7-6-10-26-13-14)21-9-8-16-17(24-3)11-15(23-2)12-18(16)25-4;/h11-12,14H,5-10,13H2,1-4H3,(H2,20,21,22);1H. The van der Waals surface area contributed by atoms with Crippen LogP contribution in [0.3, 0.4) is 0 Å². The van der Waals surface area contributed by atoms with Crippen molar-refractivity contribution in [3.05, 3.63) is 17.7 Å². The predicted octanol–water partition coefficient (Wildman–Crippen LogP) is 3.32. The number of nitrogens with zero attached hydrogens (tertiary/aromatic N) is 1. The minimum Gasteiger partial charge on any atom is -0.496 e. The van der Waals surface area contributed by atoms with Crippen molar-refractivity contribution in [3.8, 4) is 17.2 Å². The van der Waals surface area contributed by atoms with Crippen molar-refractivity contribution in [1.29, 1.82) is 0 Å². The van der Waals surface area contributed by atoms with E-state index < -0.39 is 0 Å². The average molecular weight is 509 g/mol. The zero-order chi connectivity index (χ0) is 18.8. The van der Waals surface area contributed by atoms with Gasteiger partial charge in [-0.3, -0.25) is 4.99 Å². The molecule has 1 aromatic rings. The van der Waals surface area contributed by atoms with Crippen LogP contribution in [-0.2, 0) is 6.42 Å². The first-order valence-electron chi connectivity index (χ1n) is 9.13. The van der Waals surface area contributed by atoms with Crippen molar-refractivity contribution in [2.75, 3.05) is 45.9 Å². The number of hydrogen-bond acceptors (Lipinski definition) is 5. The zero-order valence-electron chi connectivity index (χ0n) is 16.7. The highest BCUT2D eigenvalue weighted by Gasteiger charge is 2.16. The molecule has 1 aliphatic rings. The molecule has 1 unspecified atom stereocenters. The van der Waals surface area contributed by atoms with Gasteiger partial charge in [-0.15, -0.1) is 24.0 Å². The highest BCUT2D eigenvalue weighted by atomic mass is 127. The van der Waals surface area contributed by atoms with E-state index in [4.69, 9.17) is 19.2 Å². The number of halogens is 1. The van der Waals surface area contributed by atoms with E-state index in [1.165, 1.54) is 18.6 Å². The van der Waals surface area contributed by atoms with E-state index in [-0.39, 0.29) is 24.0 Å². The molecule has 0 aromatic heterocycles. The van der Waals surface area contributed by atoms with E-state index in [1.54, 1.807) is 21.3 Å². The second-order valence-electron chi connectivity index (χ2n) is 6.08. The maximum atomic E-state index is 5.51. The second kappa shape index (κ2) is 13.2. The summed E-state index contributed by atoms with van der Waals surface area (Å²) in [6, 6.07) is 4.26. The van der Waals surface area contributed by atoms with Crippen LogP contribution in [0.4, 0.5) is 0 Å². The number of ether oxygens (including phenoxy) is 3. The fourth-order valence-corrected chi connectivity index (χ4v) is 4.04. The Labute approximate surface area is 184 Å². The first kappa shape index (κ1) is 24.0. The van der Waals surface area contributed by atoms with Crippen LogP contribution < -0.4 is 24.8 Å². The monoisotopic (exact) mass is 509 g/mol. The number of methoxy groups -OCH3 is 3. The second-order valence-corrected chi connectivity index (χ2v) is 7.23. The molecule has 154 valence electrons. The van der Waals surface area contributed by atoms with Crippen LogP contribution in [-0.4, -0.2) is 57.9 Å². The van der Waals surface area contributed by atoms with Gasteiger partial charge in [0.05, 0.1) is 21.3 Å². The number of benzene rings is 1. The third-order valence-electron chi connectivity index (χ3n) is 4.29. The topological polar surface area (TPSA) is 64.1 Å². The number of guanidine groups is 1. The summed E-state index contributed by atoms with van der Waals surface area (Å²) in [6.07, 6.45) is 3.20. The van der Waals surface area contributed by atoms with Crippen molar-refractivity contribution in [3.63, 3.8) is 0 Å². The summed E-state index contributed by atoms with van der Waals surface area (Å²) in [4.78, 5) is 4.74. The number of nitrogens with one attached hydrogen (secondary N) is 2. The van der Waals surface area contributed by atoms with Gasteiger partial charge in [0.2, 0.25) is 0 Å². The van der Waals surface area contributed by atoms with Crippen molar-refractivity contribution >= 4 is 41.7 Å². The van der Waals surface area contributed by atoms with Gasteiger partial charge >= 0.3 is 0 Å². The number of aliphatic imine (C=N–C) groups is 1. The first-order chi connectivity index (χ1) is 12.7. The van der Waals surface area contributed by atoms with Crippen LogP contribution in [0.25, 0.3) is 0 Å². The lowest BCUT2D eigenvalue weighted by Crippen LogP contribution is -2.45. The predicted molar refractivity (Wildman–Crippen MR) is 125 cm³/mol. The summed E-state index contributed by atoms with van der Waals surface area (Å²) in [7, 11) is 4.96. The molecule has 1 aliphatic heterocycles. The Balaban J connectivity index is 0.00000364. The van der Waals surface area contributed by atoms with E-state index >= 15 is 0 Å². The number of hydrogen-bond donors (Lipinski definition) is 2. The molecule has 27 heavy (non-hydrogen) atoms. The summed E-state index contributed by atoms with van der Waals surface area (Å²) in [6.45, 7) is 3.58. The molecule has 0 radical (unpaired) electrons. The lowest BCUT2D eigenvalue weighted by Gasteiger charge is -2.24. The van der Waals surface area contributed by atoms with Crippen molar-refractivity contribution in [2.24, 2.45) is 4.99 Å². The summed E-state index contributed by atoms with van der Waals surface area (Å²) < 4.78 is 16.3. The molecule has 6 nitrogen and oxygen atoms in total.